The summed E-state index contributed by atoms with van der Waals surface area (Å²) in [5, 5.41) is 10.8. The van der Waals surface area contributed by atoms with Crippen molar-refractivity contribution in [1.29, 1.82) is 0 Å². The maximum absolute atomic E-state index is 5.58. The number of rotatable bonds is 5. The fourth-order valence-electron chi connectivity index (χ4n) is 1.33. The number of alkyl halides is 1. The third kappa shape index (κ3) is 3.71. The second-order valence-electron chi connectivity index (χ2n) is 3.42. The molecule has 4 nitrogen and oxygen atoms in total. The monoisotopic (exact) mass is 315 g/mol. The summed E-state index contributed by atoms with van der Waals surface area (Å²) in [7, 11) is 0. The molecular weight excluding hydrogens is 305 g/mol. The zero-order valence-corrected chi connectivity index (χ0v) is 11.3. The Hall–Kier alpha value is -1.07. The van der Waals surface area contributed by atoms with Crippen LogP contribution in [0.1, 0.15) is 11.5 Å². The highest BCUT2D eigenvalue weighted by molar-refractivity contribution is 9.10. The van der Waals surface area contributed by atoms with Crippen molar-refractivity contribution in [3.63, 3.8) is 0 Å². The van der Waals surface area contributed by atoms with Crippen molar-refractivity contribution in [2.24, 2.45) is 0 Å². The van der Waals surface area contributed by atoms with E-state index in [4.69, 9.17) is 16.0 Å². The first-order chi connectivity index (χ1) is 8.28. The topological polar surface area (TPSA) is 51.0 Å². The van der Waals surface area contributed by atoms with Crippen LogP contribution in [0.15, 0.2) is 33.2 Å². The molecule has 0 amide bonds. The summed E-state index contributed by atoms with van der Waals surface area (Å²) in [6.07, 6.45) is 0.590. The van der Waals surface area contributed by atoms with Gasteiger partial charge in [-0.15, -0.1) is 16.7 Å². The van der Waals surface area contributed by atoms with Crippen molar-refractivity contribution in [2.45, 2.75) is 13.0 Å². The molecule has 0 aliphatic carbocycles. The second-order valence-corrected chi connectivity index (χ2v) is 4.72. The number of aryl methyl sites for hydroxylation is 1. The average Bonchev–Trinajstić information content (AvgIpc) is 2.75. The van der Waals surface area contributed by atoms with Gasteiger partial charge in [0, 0.05) is 23.3 Å². The van der Waals surface area contributed by atoms with E-state index >= 15 is 0 Å². The van der Waals surface area contributed by atoms with Crippen molar-refractivity contribution < 1.29 is 4.42 Å². The normalized spacial score (nSPS) is 10.5. The maximum Gasteiger partial charge on any atom is 0.315 e. The van der Waals surface area contributed by atoms with E-state index in [0.29, 0.717) is 30.8 Å². The molecule has 0 saturated heterocycles. The van der Waals surface area contributed by atoms with Crippen molar-refractivity contribution >= 4 is 33.5 Å². The van der Waals surface area contributed by atoms with Crippen LogP contribution in [0.3, 0.4) is 0 Å². The van der Waals surface area contributed by atoms with Gasteiger partial charge in [0.05, 0.1) is 0 Å². The van der Waals surface area contributed by atoms with E-state index in [0.717, 1.165) is 10.0 Å². The predicted molar refractivity (Wildman–Crippen MR) is 70.2 cm³/mol. The van der Waals surface area contributed by atoms with E-state index in [1.165, 1.54) is 0 Å². The minimum absolute atomic E-state index is 0.421. The first kappa shape index (κ1) is 12.4. The molecule has 2 aromatic rings. The summed E-state index contributed by atoms with van der Waals surface area (Å²) in [4.78, 5) is 0. The van der Waals surface area contributed by atoms with Gasteiger partial charge < -0.3 is 9.73 Å². The van der Waals surface area contributed by atoms with Gasteiger partial charge in [-0.2, -0.15) is 0 Å². The minimum atomic E-state index is 0.421. The van der Waals surface area contributed by atoms with Crippen LogP contribution in [-0.2, 0) is 13.0 Å². The van der Waals surface area contributed by atoms with Gasteiger partial charge >= 0.3 is 6.01 Å². The molecular formula is C11H11BrClN3O. The molecule has 0 saturated carbocycles. The molecule has 90 valence electrons. The molecule has 0 spiro atoms. The summed E-state index contributed by atoms with van der Waals surface area (Å²) in [5.74, 6) is 1.03. The first-order valence-corrected chi connectivity index (χ1v) is 6.47. The molecule has 0 atom stereocenters. The van der Waals surface area contributed by atoms with Crippen LogP contribution in [-0.4, -0.2) is 16.1 Å². The number of benzene rings is 1. The number of anilines is 1. The largest absolute Gasteiger partial charge is 0.408 e. The zero-order valence-electron chi connectivity index (χ0n) is 8.99. The summed E-state index contributed by atoms with van der Waals surface area (Å²) in [5.41, 5.74) is 1.14. The van der Waals surface area contributed by atoms with E-state index < -0.39 is 0 Å². The molecule has 6 heteroatoms. The fraction of sp³-hybridized carbons (Fsp3) is 0.273. The van der Waals surface area contributed by atoms with Crippen LogP contribution in [0.25, 0.3) is 0 Å². The molecule has 0 bridgehead atoms. The predicted octanol–water partition coefficient (Wildman–Crippen LogP) is 3.23. The lowest BCUT2D eigenvalue weighted by atomic mass is 10.2. The third-order valence-electron chi connectivity index (χ3n) is 2.11. The lowest BCUT2D eigenvalue weighted by Gasteiger charge is -2.01. The number of hydrogen-bond donors (Lipinski definition) is 1. The third-order valence-corrected chi connectivity index (χ3v) is 2.79. The van der Waals surface area contributed by atoms with Crippen molar-refractivity contribution in [3.8, 4) is 0 Å². The van der Waals surface area contributed by atoms with Crippen LogP contribution in [0, 0.1) is 0 Å². The van der Waals surface area contributed by atoms with Crippen LogP contribution in [0.2, 0.25) is 0 Å². The standard InChI is InChI=1S/C11H11BrClN3O/c12-9-3-1-2-8(6-9)7-14-11-16-15-10(17-11)4-5-13/h1-3,6H,4-5,7H2,(H,14,16). The van der Waals surface area contributed by atoms with E-state index in [1.54, 1.807) is 0 Å². The highest BCUT2D eigenvalue weighted by Crippen LogP contribution is 2.13. The summed E-state index contributed by atoms with van der Waals surface area (Å²) in [6, 6.07) is 8.43. The first-order valence-electron chi connectivity index (χ1n) is 5.14. The zero-order chi connectivity index (χ0) is 12.1. The van der Waals surface area contributed by atoms with Crippen LogP contribution < -0.4 is 5.32 Å². The number of aromatic nitrogens is 2. The van der Waals surface area contributed by atoms with Gasteiger partial charge in [-0.25, -0.2) is 0 Å². The Labute approximate surface area is 113 Å². The Balaban J connectivity index is 1.93. The second kappa shape index (κ2) is 6.02. The van der Waals surface area contributed by atoms with Gasteiger partial charge in [-0.3, -0.25) is 0 Å². The van der Waals surface area contributed by atoms with E-state index in [9.17, 15) is 0 Å². The Bertz CT molecular complexity index is 489. The van der Waals surface area contributed by atoms with E-state index in [2.05, 4.69) is 31.4 Å². The molecule has 1 N–H and O–H groups in total. The van der Waals surface area contributed by atoms with Gasteiger partial charge in [0.1, 0.15) is 0 Å². The summed E-state index contributed by atoms with van der Waals surface area (Å²) >= 11 is 9.00. The Kier molecular flexibility index (Phi) is 4.39. The molecule has 1 aromatic carbocycles. The quantitative estimate of drug-likeness (QED) is 0.861. The van der Waals surface area contributed by atoms with Gasteiger partial charge in [-0.1, -0.05) is 33.2 Å². The molecule has 0 aliphatic rings. The maximum atomic E-state index is 5.58. The SMILES string of the molecule is ClCCc1nnc(NCc2cccc(Br)c2)o1. The summed E-state index contributed by atoms with van der Waals surface area (Å²) < 4.78 is 6.39. The van der Waals surface area contributed by atoms with Gasteiger partial charge in [0.15, 0.2) is 0 Å². The highest BCUT2D eigenvalue weighted by Gasteiger charge is 2.04. The lowest BCUT2D eigenvalue weighted by molar-refractivity contribution is 0.512. The Morgan fingerprint density at radius 3 is 3.00 bits per heavy atom. The van der Waals surface area contributed by atoms with Gasteiger partial charge in [0.2, 0.25) is 5.89 Å². The molecule has 0 unspecified atom stereocenters. The van der Waals surface area contributed by atoms with Crippen LogP contribution in [0.4, 0.5) is 6.01 Å². The fourth-order valence-corrected chi connectivity index (χ4v) is 1.94. The molecule has 2 rings (SSSR count). The van der Waals surface area contributed by atoms with Crippen LogP contribution in [0.5, 0.6) is 0 Å². The number of nitrogens with one attached hydrogen (secondary N) is 1. The van der Waals surface area contributed by atoms with Crippen molar-refractivity contribution in [3.05, 3.63) is 40.2 Å². The molecule has 0 aliphatic heterocycles. The van der Waals surface area contributed by atoms with Crippen LogP contribution >= 0.6 is 27.5 Å². The number of hydrogen-bond acceptors (Lipinski definition) is 4. The van der Waals surface area contributed by atoms with E-state index in [1.807, 2.05) is 24.3 Å². The average molecular weight is 317 g/mol. The lowest BCUT2D eigenvalue weighted by Crippen LogP contribution is -1.99. The molecule has 1 heterocycles. The van der Waals surface area contributed by atoms with Gasteiger partial charge in [-0.05, 0) is 17.7 Å². The number of halogens is 2. The Morgan fingerprint density at radius 1 is 1.35 bits per heavy atom. The smallest absolute Gasteiger partial charge is 0.315 e. The molecule has 1 aromatic heterocycles. The Morgan fingerprint density at radius 2 is 2.24 bits per heavy atom. The van der Waals surface area contributed by atoms with E-state index in [-0.39, 0.29) is 0 Å². The summed E-state index contributed by atoms with van der Waals surface area (Å²) in [6.45, 7) is 0.641. The minimum Gasteiger partial charge on any atom is -0.408 e. The molecule has 0 fully saturated rings. The van der Waals surface area contributed by atoms with Gasteiger partial charge in [0.25, 0.3) is 0 Å². The molecule has 17 heavy (non-hydrogen) atoms. The van der Waals surface area contributed by atoms with Crippen molar-refractivity contribution in [1.82, 2.24) is 10.2 Å². The highest BCUT2D eigenvalue weighted by atomic mass is 79.9. The molecule has 0 radical (unpaired) electrons. The number of nitrogens with zero attached hydrogens (tertiary/aromatic N) is 2. The van der Waals surface area contributed by atoms with Crippen molar-refractivity contribution in [2.75, 3.05) is 11.2 Å².